The van der Waals surface area contributed by atoms with E-state index in [0.717, 1.165) is 17.5 Å². The smallest absolute Gasteiger partial charge is 0.326 e. The van der Waals surface area contributed by atoms with Crippen molar-refractivity contribution in [3.8, 4) is 0 Å². The average molecular weight is 259 g/mol. The number of likely N-dealkylation sites (tertiary alicyclic amines) is 1. The SMILES string of the molecule is Cc1ccc(/C=C/C(=O)N2CCC[C@@H]2C(=O)O)cc1. The number of nitrogens with zero attached hydrogens (tertiary/aromatic N) is 1. The molecule has 1 aromatic carbocycles. The summed E-state index contributed by atoms with van der Waals surface area (Å²) in [7, 11) is 0. The van der Waals surface area contributed by atoms with Crippen molar-refractivity contribution in [2.45, 2.75) is 25.8 Å². The number of aliphatic carboxylic acids is 1. The number of carboxylic acids is 1. The molecule has 0 bridgehead atoms. The Morgan fingerprint density at radius 2 is 2.00 bits per heavy atom. The van der Waals surface area contributed by atoms with Gasteiger partial charge in [-0.2, -0.15) is 0 Å². The zero-order valence-electron chi connectivity index (χ0n) is 10.9. The predicted octanol–water partition coefficient (Wildman–Crippen LogP) is 2.08. The third-order valence-corrected chi connectivity index (χ3v) is 3.32. The van der Waals surface area contributed by atoms with Crippen LogP contribution in [-0.4, -0.2) is 34.5 Å². The van der Waals surface area contributed by atoms with Crippen LogP contribution in [-0.2, 0) is 9.59 Å². The van der Waals surface area contributed by atoms with E-state index in [-0.39, 0.29) is 5.91 Å². The Labute approximate surface area is 112 Å². The van der Waals surface area contributed by atoms with E-state index in [2.05, 4.69) is 0 Å². The molecule has 19 heavy (non-hydrogen) atoms. The lowest BCUT2D eigenvalue weighted by molar-refractivity contribution is -0.146. The van der Waals surface area contributed by atoms with Gasteiger partial charge in [0.15, 0.2) is 0 Å². The number of amides is 1. The van der Waals surface area contributed by atoms with Gasteiger partial charge in [-0.15, -0.1) is 0 Å². The summed E-state index contributed by atoms with van der Waals surface area (Å²) in [6, 6.07) is 7.13. The van der Waals surface area contributed by atoms with E-state index >= 15 is 0 Å². The third kappa shape index (κ3) is 3.22. The Hall–Kier alpha value is -2.10. The Kier molecular flexibility index (Phi) is 4.00. The van der Waals surface area contributed by atoms with Gasteiger partial charge in [0, 0.05) is 12.6 Å². The van der Waals surface area contributed by atoms with E-state index in [1.165, 1.54) is 11.0 Å². The minimum Gasteiger partial charge on any atom is -0.480 e. The standard InChI is InChI=1S/C15H17NO3/c1-11-4-6-12(7-5-11)8-9-14(17)16-10-2-3-13(16)15(18)19/h4-9,13H,2-3,10H2,1H3,(H,18,19)/b9-8+/t13-/m1/s1. The molecule has 0 spiro atoms. The van der Waals surface area contributed by atoms with E-state index in [0.29, 0.717) is 13.0 Å². The van der Waals surface area contributed by atoms with Crippen molar-refractivity contribution in [2.24, 2.45) is 0 Å². The second-order valence-electron chi connectivity index (χ2n) is 4.77. The first-order chi connectivity index (χ1) is 9.08. The Morgan fingerprint density at radius 1 is 1.32 bits per heavy atom. The molecule has 2 rings (SSSR count). The molecule has 1 fully saturated rings. The molecule has 1 aliphatic heterocycles. The third-order valence-electron chi connectivity index (χ3n) is 3.32. The van der Waals surface area contributed by atoms with Gasteiger partial charge in [-0.05, 0) is 31.4 Å². The highest BCUT2D eigenvalue weighted by Crippen LogP contribution is 2.18. The quantitative estimate of drug-likeness (QED) is 0.845. The zero-order valence-corrected chi connectivity index (χ0v) is 10.9. The summed E-state index contributed by atoms with van der Waals surface area (Å²) in [4.78, 5) is 24.4. The first-order valence-electron chi connectivity index (χ1n) is 6.36. The van der Waals surface area contributed by atoms with Crippen molar-refractivity contribution < 1.29 is 14.7 Å². The van der Waals surface area contributed by atoms with Crippen molar-refractivity contribution in [1.29, 1.82) is 0 Å². The molecule has 1 N–H and O–H groups in total. The molecule has 1 amide bonds. The fourth-order valence-electron chi connectivity index (χ4n) is 2.23. The van der Waals surface area contributed by atoms with Crippen LogP contribution in [0, 0.1) is 6.92 Å². The van der Waals surface area contributed by atoms with Crippen LogP contribution in [0.15, 0.2) is 30.3 Å². The van der Waals surface area contributed by atoms with Gasteiger partial charge in [-0.1, -0.05) is 29.8 Å². The van der Waals surface area contributed by atoms with Crippen molar-refractivity contribution in [2.75, 3.05) is 6.54 Å². The second kappa shape index (κ2) is 5.69. The number of carbonyl (C=O) groups excluding carboxylic acids is 1. The molecule has 4 nitrogen and oxygen atoms in total. The highest BCUT2D eigenvalue weighted by Gasteiger charge is 2.32. The van der Waals surface area contributed by atoms with Crippen LogP contribution < -0.4 is 0 Å². The summed E-state index contributed by atoms with van der Waals surface area (Å²) in [5.41, 5.74) is 2.10. The van der Waals surface area contributed by atoms with Crippen LogP contribution in [0.1, 0.15) is 24.0 Å². The number of aryl methyl sites for hydroxylation is 1. The summed E-state index contributed by atoms with van der Waals surface area (Å²) >= 11 is 0. The van der Waals surface area contributed by atoms with Crippen LogP contribution >= 0.6 is 0 Å². The van der Waals surface area contributed by atoms with Crippen LogP contribution in [0.3, 0.4) is 0 Å². The molecule has 1 saturated heterocycles. The highest BCUT2D eigenvalue weighted by atomic mass is 16.4. The highest BCUT2D eigenvalue weighted by molar-refractivity contribution is 5.94. The van der Waals surface area contributed by atoms with Crippen LogP contribution in [0.2, 0.25) is 0 Å². The van der Waals surface area contributed by atoms with E-state index in [9.17, 15) is 9.59 Å². The van der Waals surface area contributed by atoms with Gasteiger partial charge >= 0.3 is 5.97 Å². The van der Waals surface area contributed by atoms with E-state index in [4.69, 9.17) is 5.11 Å². The molecule has 4 heteroatoms. The number of hydrogen-bond acceptors (Lipinski definition) is 2. The lowest BCUT2D eigenvalue weighted by Gasteiger charge is -2.19. The summed E-state index contributed by atoms with van der Waals surface area (Å²) in [5.74, 6) is -1.15. The van der Waals surface area contributed by atoms with Crippen molar-refractivity contribution >= 4 is 18.0 Å². The maximum atomic E-state index is 12.0. The Bertz CT molecular complexity index is 505. The molecular formula is C15H17NO3. The van der Waals surface area contributed by atoms with Crippen molar-refractivity contribution in [3.63, 3.8) is 0 Å². The molecule has 0 aromatic heterocycles. The van der Waals surface area contributed by atoms with E-state index < -0.39 is 12.0 Å². The Balaban J connectivity index is 2.04. The molecule has 0 unspecified atom stereocenters. The first-order valence-corrected chi connectivity index (χ1v) is 6.36. The minimum atomic E-state index is -0.922. The molecule has 0 radical (unpaired) electrons. The molecule has 1 aromatic rings. The van der Waals surface area contributed by atoms with Gasteiger partial charge in [-0.3, -0.25) is 4.79 Å². The van der Waals surface area contributed by atoms with Gasteiger partial charge in [0.1, 0.15) is 6.04 Å². The fourth-order valence-corrected chi connectivity index (χ4v) is 2.23. The largest absolute Gasteiger partial charge is 0.480 e. The second-order valence-corrected chi connectivity index (χ2v) is 4.77. The van der Waals surface area contributed by atoms with Gasteiger partial charge in [0.25, 0.3) is 0 Å². The normalized spacial score (nSPS) is 19.0. The molecular weight excluding hydrogens is 242 g/mol. The van der Waals surface area contributed by atoms with E-state index in [1.54, 1.807) is 6.08 Å². The zero-order chi connectivity index (χ0) is 13.8. The van der Waals surface area contributed by atoms with Crippen LogP contribution in [0.4, 0.5) is 0 Å². The summed E-state index contributed by atoms with van der Waals surface area (Å²) in [6.07, 6.45) is 4.46. The Morgan fingerprint density at radius 3 is 2.63 bits per heavy atom. The molecule has 100 valence electrons. The number of benzene rings is 1. The lowest BCUT2D eigenvalue weighted by Crippen LogP contribution is -2.39. The van der Waals surface area contributed by atoms with Gasteiger partial charge < -0.3 is 10.0 Å². The fraction of sp³-hybridized carbons (Fsp3) is 0.333. The summed E-state index contributed by atoms with van der Waals surface area (Å²) < 4.78 is 0. The number of hydrogen-bond donors (Lipinski definition) is 1. The lowest BCUT2D eigenvalue weighted by atomic mass is 10.1. The van der Waals surface area contributed by atoms with Crippen LogP contribution in [0.5, 0.6) is 0 Å². The van der Waals surface area contributed by atoms with Crippen molar-refractivity contribution in [3.05, 3.63) is 41.5 Å². The maximum absolute atomic E-state index is 12.0. The number of carbonyl (C=O) groups is 2. The maximum Gasteiger partial charge on any atom is 0.326 e. The van der Waals surface area contributed by atoms with Gasteiger partial charge in [0.2, 0.25) is 5.91 Å². The molecule has 1 atom stereocenters. The molecule has 0 saturated carbocycles. The summed E-state index contributed by atoms with van der Waals surface area (Å²) in [5, 5.41) is 9.03. The van der Waals surface area contributed by atoms with Gasteiger partial charge in [0.05, 0.1) is 0 Å². The summed E-state index contributed by atoms with van der Waals surface area (Å²) in [6.45, 7) is 2.52. The topological polar surface area (TPSA) is 57.6 Å². The average Bonchev–Trinajstić information content (AvgIpc) is 2.87. The van der Waals surface area contributed by atoms with Gasteiger partial charge in [-0.25, -0.2) is 4.79 Å². The van der Waals surface area contributed by atoms with Crippen molar-refractivity contribution in [1.82, 2.24) is 4.90 Å². The monoisotopic (exact) mass is 259 g/mol. The molecule has 1 aliphatic rings. The number of carboxylic acid groups (broad SMARTS) is 1. The molecule has 1 heterocycles. The number of rotatable bonds is 3. The van der Waals surface area contributed by atoms with Crippen LogP contribution in [0.25, 0.3) is 6.08 Å². The predicted molar refractivity (Wildman–Crippen MR) is 72.6 cm³/mol. The first kappa shape index (κ1) is 13.3. The van der Waals surface area contributed by atoms with E-state index in [1.807, 2.05) is 31.2 Å². The molecule has 0 aliphatic carbocycles. The minimum absolute atomic E-state index is 0.231.